The SMILES string of the molecule is CC(C)(C)OC(=O)N1CCC2(CCN(C(=O)NC3CCCN(c4cnc(C(N)=O)c(Nc5ccc(S(C)(=O)=O)cc5)n4)C3)CC2)C1. The Morgan fingerprint density at radius 1 is 1.02 bits per heavy atom. The summed E-state index contributed by atoms with van der Waals surface area (Å²) in [5, 5.41) is 6.23. The van der Waals surface area contributed by atoms with Crippen molar-refractivity contribution in [1.29, 1.82) is 0 Å². The molecule has 14 nitrogen and oxygen atoms in total. The first kappa shape index (κ1) is 33.2. The van der Waals surface area contributed by atoms with Crippen molar-refractivity contribution >= 4 is 45.2 Å². The van der Waals surface area contributed by atoms with Gasteiger partial charge in [-0.25, -0.2) is 28.0 Å². The Hall–Kier alpha value is -4.14. The van der Waals surface area contributed by atoms with Gasteiger partial charge in [-0.2, -0.15) is 0 Å². The van der Waals surface area contributed by atoms with Gasteiger partial charge in [-0.3, -0.25) is 4.79 Å². The number of nitrogens with zero attached hydrogens (tertiary/aromatic N) is 5. The van der Waals surface area contributed by atoms with Crippen molar-refractivity contribution in [2.75, 3.05) is 55.7 Å². The number of carbonyl (C=O) groups excluding carboxylic acids is 3. The van der Waals surface area contributed by atoms with E-state index in [1.807, 2.05) is 30.6 Å². The summed E-state index contributed by atoms with van der Waals surface area (Å²) in [6.07, 6.45) is 6.58. The van der Waals surface area contributed by atoms with Crippen molar-refractivity contribution in [1.82, 2.24) is 25.1 Å². The number of benzene rings is 1. The molecule has 4 amide bonds. The standard InChI is InChI=1S/C31H44N8O6S/c1-30(2,3)45-29(42)39-17-13-31(20-39)11-15-37(16-12-31)28(41)35-22-6-5-14-38(19-22)24-18-33-25(26(32)40)27(36-24)34-21-7-9-23(10-8-21)46(4,43)44/h7-10,18,22H,5-6,11-17,19-20H2,1-4H3,(H2,32,40)(H,34,36)(H,35,41). The number of ether oxygens (including phenoxy) is 1. The number of likely N-dealkylation sites (tertiary alicyclic amines) is 2. The molecule has 0 aliphatic carbocycles. The van der Waals surface area contributed by atoms with Crippen molar-refractivity contribution in [3.05, 3.63) is 36.2 Å². The molecule has 3 aliphatic heterocycles. The topological polar surface area (TPSA) is 180 Å². The summed E-state index contributed by atoms with van der Waals surface area (Å²) in [6.45, 7) is 9.41. The summed E-state index contributed by atoms with van der Waals surface area (Å²) in [5.41, 5.74) is 5.52. The average Bonchev–Trinajstić information content (AvgIpc) is 3.40. The molecule has 4 heterocycles. The summed E-state index contributed by atoms with van der Waals surface area (Å²) in [4.78, 5) is 52.7. The van der Waals surface area contributed by atoms with Crippen molar-refractivity contribution in [2.45, 2.75) is 69.4 Å². The van der Waals surface area contributed by atoms with Gasteiger partial charge in [0.2, 0.25) is 0 Å². The van der Waals surface area contributed by atoms with Crippen LogP contribution in [-0.2, 0) is 14.6 Å². The van der Waals surface area contributed by atoms with E-state index in [1.54, 1.807) is 17.0 Å². The van der Waals surface area contributed by atoms with E-state index in [0.717, 1.165) is 38.4 Å². The van der Waals surface area contributed by atoms with Crippen LogP contribution in [0, 0.1) is 5.41 Å². The van der Waals surface area contributed by atoms with Gasteiger partial charge in [0.15, 0.2) is 21.3 Å². The Morgan fingerprint density at radius 3 is 2.28 bits per heavy atom. The molecule has 4 N–H and O–H groups in total. The lowest BCUT2D eigenvalue weighted by molar-refractivity contribution is 0.0252. The van der Waals surface area contributed by atoms with E-state index >= 15 is 0 Å². The molecule has 0 bridgehead atoms. The number of carbonyl (C=O) groups is 3. The highest BCUT2D eigenvalue weighted by molar-refractivity contribution is 7.90. The first-order valence-electron chi connectivity index (χ1n) is 15.6. The van der Waals surface area contributed by atoms with Crippen LogP contribution >= 0.6 is 0 Å². The number of hydrogen-bond acceptors (Lipinski definition) is 10. The molecule has 250 valence electrons. The fourth-order valence-electron chi connectivity index (χ4n) is 6.30. The van der Waals surface area contributed by atoms with Crippen LogP contribution in [0.25, 0.3) is 0 Å². The number of amides is 4. The maximum Gasteiger partial charge on any atom is 0.410 e. The largest absolute Gasteiger partial charge is 0.444 e. The third-order valence-electron chi connectivity index (χ3n) is 8.81. The number of nitrogens with two attached hydrogens (primary N) is 1. The number of sulfone groups is 1. The molecule has 1 aromatic heterocycles. The molecule has 1 aromatic carbocycles. The van der Waals surface area contributed by atoms with Gasteiger partial charge >= 0.3 is 12.1 Å². The first-order valence-corrected chi connectivity index (χ1v) is 17.5. The minimum atomic E-state index is -3.36. The molecule has 46 heavy (non-hydrogen) atoms. The van der Waals surface area contributed by atoms with E-state index in [0.29, 0.717) is 50.8 Å². The van der Waals surface area contributed by atoms with Crippen LogP contribution in [0.3, 0.4) is 0 Å². The predicted octanol–water partition coefficient (Wildman–Crippen LogP) is 3.12. The highest BCUT2D eigenvalue weighted by Crippen LogP contribution is 2.41. The van der Waals surface area contributed by atoms with Crippen LogP contribution in [0.1, 0.15) is 63.4 Å². The number of rotatable bonds is 6. The minimum absolute atomic E-state index is 0.0204. The van der Waals surface area contributed by atoms with Gasteiger partial charge in [0.05, 0.1) is 11.1 Å². The summed E-state index contributed by atoms with van der Waals surface area (Å²) < 4.78 is 29.2. The molecule has 3 saturated heterocycles. The Bertz CT molecular complexity index is 1570. The van der Waals surface area contributed by atoms with E-state index in [9.17, 15) is 22.8 Å². The quantitative estimate of drug-likeness (QED) is 0.418. The maximum atomic E-state index is 13.3. The van der Waals surface area contributed by atoms with Crippen LogP contribution in [0.5, 0.6) is 0 Å². The normalized spacial score (nSPS) is 20.0. The minimum Gasteiger partial charge on any atom is -0.444 e. The number of primary amides is 1. The zero-order valence-electron chi connectivity index (χ0n) is 26.9. The molecule has 1 unspecified atom stereocenters. The Balaban J connectivity index is 1.17. The smallest absolute Gasteiger partial charge is 0.410 e. The number of nitrogens with one attached hydrogen (secondary N) is 2. The van der Waals surface area contributed by atoms with Gasteiger partial charge in [0.1, 0.15) is 11.4 Å². The molecule has 3 aliphatic rings. The van der Waals surface area contributed by atoms with Crippen LogP contribution in [0.4, 0.5) is 26.9 Å². The van der Waals surface area contributed by atoms with Gasteiger partial charge in [0, 0.05) is 57.3 Å². The van der Waals surface area contributed by atoms with Crippen molar-refractivity contribution in [3.8, 4) is 0 Å². The molecule has 0 saturated carbocycles. The average molecular weight is 657 g/mol. The zero-order valence-corrected chi connectivity index (χ0v) is 27.7. The summed E-state index contributed by atoms with van der Waals surface area (Å²) >= 11 is 0. The van der Waals surface area contributed by atoms with Crippen molar-refractivity contribution in [3.63, 3.8) is 0 Å². The van der Waals surface area contributed by atoms with E-state index in [1.165, 1.54) is 18.3 Å². The van der Waals surface area contributed by atoms with Crippen LogP contribution in [0.2, 0.25) is 0 Å². The number of hydrogen-bond donors (Lipinski definition) is 3. The van der Waals surface area contributed by atoms with Crippen LogP contribution < -0.4 is 21.3 Å². The summed E-state index contributed by atoms with van der Waals surface area (Å²) in [6, 6.07) is 5.88. The monoisotopic (exact) mass is 656 g/mol. The van der Waals surface area contributed by atoms with Crippen LogP contribution in [-0.4, -0.2) is 103 Å². The van der Waals surface area contributed by atoms with Gasteiger partial charge in [-0.1, -0.05) is 0 Å². The molecule has 3 fully saturated rings. The number of anilines is 3. The van der Waals surface area contributed by atoms with Gasteiger partial charge < -0.3 is 35.8 Å². The number of piperidine rings is 2. The van der Waals surface area contributed by atoms with E-state index in [-0.39, 0.29) is 40.0 Å². The second-order valence-corrected chi connectivity index (χ2v) is 15.6. The molecule has 1 atom stereocenters. The molecule has 2 aromatic rings. The Morgan fingerprint density at radius 2 is 1.67 bits per heavy atom. The fraction of sp³-hybridized carbons (Fsp3) is 0.581. The second-order valence-electron chi connectivity index (χ2n) is 13.6. The maximum absolute atomic E-state index is 13.3. The van der Waals surface area contributed by atoms with E-state index in [4.69, 9.17) is 10.5 Å². The van der Waals surface area contributed by atoms with Crippen molar-refractivity contribution in [2.24, 2.45) is 11.1 Å². The number of urea groups is 1. The first-order chi connectivity index (χ1) is 21.6. The molecular weight excluding hydrogens is 612 g/mol. The van der Waals surface area contributed by atoms with Gasteiger partial charge in [-0.05, 0) is 82.6 Å². The third kappa shape index (κ3) is 7.98. The molecule has 15 heteroatoms. The zero-order chi connectivity index (χ0) is 33.3. The molecular formula is C31H44N8O6S. The Kier molecular flexibility index (Phi) is 9.34. The molecule has 0 radical (unpaired) electrons. The summed E-state index contributed by atoms with van der Waals surface area (Å²) in [7, 11) is -3.36. The highest BCUT2D eigenvalue weighted by atomic mass is 32.2. The molecule has 5 rings (SSSR count). The van der Waals surface area contributed by atoms with Crippen molar-refractivity contribution < 1.29 is 27.5 Å². The Labute approximate surface area is 270 Å². The predicted molar refractivity (Wildman–Crippen MR) is 173 cm³/mol. The van der Waals surface area contributed by atoms with Crippen LogP contribution in [0.15, 0.2) is 35.4 Å². The second kappa shape index (κ2) is 12.9. The molecule has 1 spiro atoms. The number of aromatic nitrogens is 2. The lowest BCUT2D eigenvalue weighted by Crippen LogP contribution is -2.54. The van der Waals surface area contributed by atoms with E-state index in [2.05, 4.69) is 20.6 Å². The lowest BCUT2D eigenvalue weighted by Gasteiger charge is -2.40. The van der Waals surface area contributed by atoms with E-state index < -0.39 is 21.3 Å². The highest BCUT2D eigenvalue weighted by Gasteiger charge is 2.44. The summed E-state index contributed by atoms with van der Waals surface area (Å²) in [5.74, 6) is -0.0749. The fourth-order valence-corrected chi connectivity index (χ4v) is 6.93. The van der Waals surface area contributed by atoms with Gasteiger partial charge in [0.25, 0.3) is 5.91 Å². The third-order valence-corrected chi connectivity index (χ3v) is 9.94. The lowest BCUT2D eigenvalue weighted by atomic mass is 9.78. The van der Waals surface area contributed by atoms with Gasteiger partial charge in [-0.15, -0.1) is 0 Å².